The van der Waals surface area contributed by atoms with E-state index in [1.807, 2.05) is 13.8 Å². The molecule has 28 heavy (non-hydrogen) atoms. The van der Waals surface area contributed by atoms with Gasteiger partial charge in [-0.3, -0.25) is 5.32 Å². The van der Waals surface area contributed by atoms with E-state index in [2.05, 4.69) is 49.2 Å². The number of ether oxygens (including phenoxy) is 2. The van der Waals surface area contributed by atoms with E-state index in [4.69, 9.17) is 9.47 Å². The predicted molar refractivity (Wildman–Crippen MR) is 115 cm³/mol. The molecule has 0 amide bonds. The Morgan fingerprint density at radius 2 is 1.93 bits per heavy atom. The van der Waals surface area contributed by atoms with E-state index in [1.165, 1.54) is 28.0 Å². The number of hydrogen-bond donors (Lipinski definition) is 1. The SMILES string of the molecule is C/C=C1/C=C2CN3CC4=C(C=C3C2N[C@H]1CC)C(CC)COCOC4.CC.O. The van der Waals surface area contributed by atoms with Crippen LogP contribution in [0.2, 0.25) is 0 Å². The van der Waals surface area contributed by atoms with Gasteiger partial charge >= 0.3 is 0 Å². The maximum Gasteiger partial charge on any atom is 0.147 e. The van der Waals surface area contributed by atoms with E-state index in [1.54, 1.807) is 0 Å². The summed E-state index contributed by atoms with van der Waals surface area (Å²) in [5.41, 5.74) is 7.28. The molecule has 0 aromatic rings. The third-order valence-corrected chi connectivity index (χ3v) is 6.06. The first-order valence-electron chi connectivity index (χ1n) is 10.7. The van der Waals surface area contributed by atoms with Crippen molar-refractivity contribution in [3.63, 3.8) is 0 Å². The van der Waals surface area contributed by atoms with Gasteiger partial charge in [-0.15, -0.1) is 0 Å². The minimum atomic E-state index is 0. The summed E-state index contributed by atoms with van der Waals surface area (Å²) in [7, 11) is 0. The molecule has 2 unspecified atom stereocenters. The zero-order valence-electron chi connectivity index (χ0n) is 18.2. The minimum Gasteiger partial charge on any atom is -0.412 e. The largest absolute Gasteiger partial charge is 0.412 e. The third kappa shape index (κ3) is 4.28. The summed E-state index contributed by atoms with van der Waals surface area (Å²) in [6, 6.07) is 0.827. The summed E-state index contributed by atoms with van der Waals surface area (Å²) in [6.45, 7) is 14.6. The molecule has 4 heterocycles. The second-order valence-corrected chi connectivity index (χ2v) is 7.49. The van der Waals surface area contributed by atoms with E-state index >= 15 is 0 Å². The van der Waals surface area contributed by atoms with E-state index in [9.17, 15) is 0 Å². The molecule has 1 fully saturated rings. The van der Waals surface area contributed by atoms with Crippen LogP contribution in [0.25, 0.3) is 0 Å². The average Bonchev–Trinajstić information content (AvgIpc) is 3.04. The molecular weight excluding hydrogens is 352 g/mol. The van der Waals surface area contributed by atoms with Crippen LogP contribution in [0.5, 0.6) is 0 Å². The highest BCUT2D eigenvalue weighted by Crippen LogP contribution is 2.39. The van der Waals surface area contributed by atoms with Crippen molar-refractivity contribution in [2.75, 3.05) is 33.1 Å². The Kier molecular flexibility index (Phi) is 8.50. The summed E-state index contributed by atoms with van der Waals surface area (Å²) in [5.74, 6) is 0.484. The van der Waals surface area contributed by atoms with Crippen molar-refractivity contribution in [1.29, 1.82) is 0 Å². The monoisotopic (exact) mass is 390 g/mol. The molecule has 4 aliphatic rings. The standard InChI is InChI=1S/C21H30N2O2.C2H6.H2O/c1-4-14-7-16-9-23-10-17-12-25-13-24-11-15(5-2)18(17)8-20(23)21(16)22-19(14)6-3;1-2;/h4,7-8,15,19,21-22H,5-6,9-13H2,1-3H3;1-2H3;1H2/b14-4-;;/t15?,19-,21?;;/m0../s1. The van der Waals surface area contributed by atoms with Gasteiger partial charge in [0.15, 0.2) is 0 Å². The van der Waals surface area contributed by atoms with Crippen LogP contribution in [0.3, 0.4) is 0 Å². The summed E-state index contributed by atoms with van der Waals surface area (Å²) in [5, 5.41) is 3.89. The highest BCUT2D eigenvalue weighted by molar-refractivity contribution is 5.49. The lowest BCUT2D eigenvalue weighted by molar-refractivity contribution is -0.0606. The minimum absolute atomic E-state index is 0. The second-order valence-electron chi connectivity index (χ2n) is 7.49. The Labute approximate surface area is 170 Å². The Morgan fingerprint density at radius 1 is 1.14 bits per heavy atom. The summed E-state index contributed by atoms with van der Waals surface area (Å²) < 4.78 is 11.4. The van der Waals surface area contributed by atoms with Crippen LogP contribution in [-0.4, -0.2) is 55.6 Å². The molecule has 5 heteroatoms. The molecule has 0 aromatic heterocycles. The summed E-state index contributed by atoms with van der Waals surface area (Å²) in [4.78, 5) is 2.53. The zero-order valence-corrected chi connectivity index (χ0v) is 18.2. The third-order valence-electron chi connectivity index (χ3n) is 6.06. The Hall–Kier alpha value is -1.40. The highest BCUT2D eigenvalue weighted by Gasteiger charge is 2.39. The molecule has 0 spiro atoms. The highest BCUT2D eigenvalue weighted by atomic mass is 16.7. The molecule has 0 aliphatic carbocycles. The van der Waals surface area contributed by atoms with Gasteiger partial charge in [0, 0.05) is 30.7 Å². The lowest BCUT2D eigenvalue weighted by Crippen LogP contribution is -2.43. The van der Waals surface area contributed by atoms with Gasteiger partial charge < -0.3 is 19.8 Å². The fourth-order valence-corrected chi connectivity index (χ4v) is 4.63. The van der Waals surface area contributed by atoms with E-state index in [-0.39, 0.29) is 5.48 Å². The van der Waals surface area contributed by atoms with Crippen LogP contribution in [-0.2, 0) is 9.47 Å². The molecule has 3 N–H and O–H groups in total. The van der Waals surface area contributed by atoms with Crippen molar-refractivity contribution in [1.82, 2.24) is 10.2 Å². The van der Waals surface area contributed by atoms with Crippen LogP contribution in [0.1, 0.15) is 47.5 Å². The molecule has 3 atom stereocenters. The van der Waals surface area contributed by atoms with Crippen molar-refractivity contribution in [2.45, 2.75) is 59.5 Å². The zero-order chi connectivity index (χ0) is 19.4. The molecule has 0 bridgehead atoms. The van der Waals surface area contributed by atoms with Gasteiger partial charge in [-0.1, -0.05) is 39.8 Å². The molecule has 0 radical (unpaired) electrons. The summed E-state index contributed by atoms with van der Waals surface area (Å²) in [6.07, 6.45) is 9.37. The first-order chi connectivity index (χ1) is 13.2. The average molecular weight is 391 g/mol. The predicted octanol–water partition coefficient (Wildman–Crippen LogP) is 3.35. The van der Waals surface area contributed by atoms with Crippen LogP contribution < -0.4 is 5.32 Å². The maximum absolute atomic E-state index is 5.70. The van der Waals surface area contributed by atoms with E-state index < -0.39 is 0 Å². The van der Waals surface area contributed by atoms with Gasteiger partial charge in [-0.05, 0) is 48.1 Å². The maximum atomic E-state index is 5.70. The number of allylic oxidation sites excluding steroid dienone is 2. The molecule has 158 valence electrons. The van der Waals surface area contributed by atoms with Crippen molar-refractivity contribution in [3.8, 4) is 0 Å². The van der Waals surface area contributed by atoms with Gasteiger partial charge in [-0.2, -0.15) is 0 Å². The number of fused-ring (bicyclic) bond motifs is 3. The fourth-order valence-electron chi connectivity index (χ4n) is 4.63. The second kappa shape index (κ2) is 10.4. The topological polar surface area (TPSA) is 65.2 Å². The normalized spacial score (nSPS) is 30.5. The Morgan fingerprint density at radius 3 is 2.61 bits per heavy atom. The smallest absolute Gasteiger partial charge is 0.147 e. The van der Waals surface area contributed by atoms with Gasteiger partial charge in [-0.25, -0.2) is 0 Å². The molecule has 4 rings (SSSR count). The van der Waals surface area contributed by atoms with Gasteiger partial charge in [0.2, 0.25) is 0 Å². The molecule has 0 aromatic carbocycles. The quantitative estimate of drug-likeness (QED) is 0.785. The first kappa shape index (κ1) is 22.9. The van der Waals surface area contributed by atoms with Crippen LogP contribution in [0.15, 0.2) is 46.2 Å². The first-order valence-corrected chi connectivity index (χ1v) is 10.7. The van der Waals surface area contributed by atoms with E-state index in [0.29, 0.717) is 31.4 Å². The number of nitrogens with one attached hydrogen (secondary N) is 1. The Bertz CT molecular complexity index is 663. The van der Waals surface area contributed by atoms with Crippen LogP contribution in [0, 0.1) is 5.92 Å². The lowest BCUT2D eigenvalue weighted by atomic mass is 9.87. The van der Waals surface area contributed by atoms with Crippen LogP contribution in [0.4, 0.5) is 0 Å². The number of rotatable bonds is 2. The van der Waals surface area contributed by atoms with Crippen molar-refractivity contribution in [3.05, 3.63) is 46.2 Å². The molecule has 1 saturated heterocycles. The Balaban J connectivity index is 0.000000906. The lowest BCUT2D eigenvalue weighted by Gasteiger charge is -2.35. The molecule has 4 aliphatic heterocycles. The number of nitrogens with zero attached hydrogens (tertiary/aromatic N) is 1. The molecular formula is C23H38N2O3. The van der Waals surface area contributed by atoms with Gasteiger partial charge in [0.25, 0.3) is 0 Å². The van der Waals surface area contributed by atoms with Crippen molar-refractivity contribution in [2.24, 2.45) is 5.92 Å². The summed E-state index contributed by atoms with van der Waals surface area (Å²) >= 11 is 0. The van der Waals surface area contributed by atoms with Crippen molar-refractivity contribution >= 4 is 0 Å². The molecule has 5 nitrogen and oxygen atoms in total. The fraction of sp³-hybridized carbons (Fsp3) is 0.652. The van der Waals surface area contributed by atoms with Crippen LogP contribution >= 0.6 is 0 Å². The van der Waals surface area contributed by atoms with Gasteiger partial charge in [0.05, 0.1) is 19.3 Å². The van der Waals surface area contributed by atoms with Gasteiger partial charge in [0.1, 0.15) is 6.79 Å². The molecule has 0 saturated carbocycles. The van der Waals surface area contributed by atoms with Crippen molar-refractivity contribution < 1.29 is 14.9 Å². The van der Waals surface area contributed by atoms with E-state index in [0.717, 1.165) is 32.5 Å². The number of hydrogen-bond acceptors (Lipinski definition) is 4.